The van der Waals surface area contributed by atoms with Crippen molar-refractivity contribution in [1.29, 1.82) is 0 Å². The predicted octanol–water partition coefficient (Wildman–Crippen LogP) is 0.189. The summed E-state index contributed by atoms with van der Waals surface area (Å²) < 4.78 is 0. The number of amides is 2. The van der Waals surface area contributed by atoms with Crippen LogP contribution in [0.1, 0.15) is 17.5 Å². The number of hydrogen-bond acceptors (Lipinski definition) is 3. The third-order valence-corrected chi connectivity index (χ3v) is 2.99. The molecule has 0 spiro atoms. The quantitative estimate of drug-likeness (QED) is 0.710. The standard InChI is InChI=1S/C13H17N3O2/c14-8-13(18)15-6-5-9-1-3-11-10(7-9)2-4-12(17)16-11/h1,3,7H,2,4-6,8,14H2,(H,15,18)(H,16,17). The fourth-order valence-corrected chi connectivity index (χ4v) is 2.01. The van der Waals surface area contributed by atoms with E-state index in [9.17, 15) is 9.59 Å². The van der Waals surface area contributed by atoms with Crippen molar-refractivity contribution in [2.75, 3.05) is 18.4 Å². The van der Waals surface area contributed by atoms with Gasteiger partial charge in [-0.25, -0.2) is 0 Å². The van der Waals surface area contributed by atoms with E-state index in [0.717, 1.165) is 29.7 Å². The molecule has 2 rings (SSSR count). The normalized spacial score (nSPS) is 13.7. The zero-order valence-electron chi connectivity index (χ0n) is 10.2. The number of rotatable bonds is 4. The summed E-state index contributed by atoms with van der Waals surface area (Å²) in [5.74, 6) is -0.0642. The Morgan fingerprint density at radius 3 is 3.00 bits per heavy atom. The fraction of sp³-hybridized carbons (Fsp3) is 0.385. The molecule has 0 saturated carbocycles. The van der Waals surface area contributed by atoms with Crippen LogP contribution in [0.2, 0.25) is 0 Å². The second-order valence-electron chi connectivity index (χ2n) is 4.34. The molecule has 1 aromatic carbocycles. The first kappa shape index (κ1) is 12.6. The number of aryl methyl sites for hydroxylation is 1. The highest BCUT2D eigenvalue weighted by Crippen LogP contribution is 2.23. The highest BCUT2D eigenvalue weighted by atomic mass is 16.2. The van der Waals surface area contributed by atoms with Gasteiger partial charge in [-0.05, 0) is 30.0 Å². The third-order valence-electron chi connectivity index (χ3n) is 2.99. The van der Waals surface area contributed by atoms with E-state index in [0.29, 0.717) is 13.0 Å². The Hall–Kier alpha value is -1.88. The van der Waals surface area contributed by atoms with E-state index >= 15 is 0 Å². The van der Waals surface area contributed by atoms with E-state index in [1.165, 1.54) is 0 Å². The summed E-state index contributed by atoms with van der Waals surface area (Å²) in [7, 11) is 0. The van der Waals surface area contributed by atoms with E-state index in [1.807, 2.05) is 12.1 Å². The molecule has 1 aliphatic rings. The molecular weight excluding hydrogens is 230 g/mol. The minimum atomic E-state index is -0.139. The Morgan fingerprint density at radius 1 is 1.39 bits per heavy atom. The molecular formula is C13H17N3O2. The lowest BCUT2D eigenvalue weighted by Crippen LogP contribution is -2.31. The van der Waals surface area contributed by atoms with E-state index in [-0.39, 0.29) is 18.4 Å². The van der Waals surface area contributed by atoms with Crippen LogP contribution in [-0.4, -0.2) is 24.9 Å². The van der Waals surface area contributed by atoms with Crippen LogP contribution in [0.25, 0.3) is 0 Å². The van der Waals surface area contributed by atoms with Crippen molar-refractivity contribution >= 4 is 17.5 Å². The van der Waals surface area contributed by atoms with Crippen molar-refractivity contribution in [2.45, 2.75) is 19.3 Å². The maximum Gasteiger partial charge on any atom is 0.233 e. The maximum absolute atomic E-state index is 11.2. The smallest absolute Gasteiger partial charge is 0.233 e. The largest absolute Gasteiger partial charge is 0.355 e. The van der Waals surface area contributed by atoms with Crippen LogP contribution in [0, 0.1) is 0 Å². The summed E-state index contributed by atoms with van der Waals surface area (Å²) >= 11 is 0. The summed E-state index contributed by atoms with van der Waals surface area (Å²) in [5, 5.41) is 5.58. The van der Waals surface area contributed by atoms with Crippen molar-refractivity contribution in [1.82, 2.24) is 5.32 Å². The van der Waals surface area contributed by atoms with Gasteiger partial charge in [0.2, 0.25) is 11.8 Å². The molecule has 4 N–H and O–H groups in total. The van der Waals surface area contributed by atoms with Gasteiger partial charge < -0.3 is 16.4 Å². The van der Waals surface area contributed by atoms with Gasteiger partial charge in [0, 0.05) is 18.7 Å². The molecule has 0 radical (unpaired) electrons. The van der Waals surface area contributed by atoms with Crippen molar-refractivity contribution in [3.63, 3.8) is 0 Å². The number of nitrogens with one attached hydrogen (secondary N) is 2. The average molecular weight is 247 g/mol. The summed E-state index contributed by atoms with van der Waals surface area (Å²) in [6.45, 7) is 0.609. The van der Waals surface area contributed by atoms with E-state index in [1.54, 1.807) is 0 Å². The van der Waals surface area contributed by atoms with Gasteiger partial charge in [-0.1, -0.05) is 12.1 Å². The first-order valence-corrected chi connectivity index (χ1v) is 6.07. The van der Waals surface area contributed by atoms with Crippen LogP contribution in [0.5, 0.6) is 0 Å². The Balaban J connectivity index is 1.95. The van der Waals surface area contributed by atoms with E-state index in [2.05, 4.69) is 16.7 Å². The van der Waals surface area contributed by atoms with Crippen LogP contribution in [-0.2, 0) is 22.4 Å². The van der Waals surface area contributed by atoms with Gasteiger partial charge in [-0.3, -0.25) is 9.59 Å². The van der Waals surface area contributed by atoms with Crippen molar-refractivity contribution in [3.05, 3.63) is 29.3 Å². The minimum Gasteiger partial charge on any atom is -0.355 e. The summed E-state index contributed by atoms with van der Waals surface area (Å²) in [4.78, 5) is 22.2. The van der Waals surface area contributed by atoms with Gasteiger partial charge in [-0.2, -0.15) is 0 Å². The van der Waals surface area contributed by atoms with Gasteiger partial charge in [-0.15, -0.1) is 0 Å². The highest BCUT2D eigenvalue weighted by Gasteiger charge is 2.14. The van der Waals surface area contributed by atoms with Gasteiger partial charge in [0.1, 0.15) is 0 Å². The lowest BCUT2D eigenvalue weighted by atomic mass is 9.99. The first-order chi connectivity index (χ1) is 8.69. The van der Waals surface area contributed by atoms with Crippen LogP contribution >= 0.6 is 0 Å². The molecule has 0 aromatic heterocycles. The number of fused-ring (bicyclic) bond motifs is 1. The highest BCUT2D eigenvalue weighted by molar-refractivity contribution is 5.93. The molecule has 0 bridgehead atoms. The predicted molar refractivity (Wildman–Crippen MR) is 69.2 cm³/mol. The van der Waals surface area contributed by atoms with Crippen molar-refractivity contribution in [3.8, 4) is 0 Å². The van der Waals surface area contributed by atoms with Crippen LogP contribution in [0.15, 0.2) is 18.2 Å². The number of nitrogens with two attached hydrogens (primary N) is 1. The molecule has 0 atom stereocenters. The molecule has 0 unspecified atom stereocenters. The topological polar surface area (TPSA) is 84.2 Å². The maximum atomic E-state index is 11.2. The second-order valence-corrected chi connectivity index (χ2v) is 4.34. The third kappa shape index (κ3) is 3.07. The van der Waals surface area contributed by atoms with Gasteiger partial charge in [0.05, 0.1) is 6.54 Å². The van der Waals surface area contributed by atoms with Crippen LogP contribution in [0.4, 0.5) is 5.69 Å². The molecule has 0 fully saturated rings. The van der Waals surface area contributed by atoms with E-state index < -0.39 is 0 Å². The number of carbonyl (C=O) groups excluding carboxylic acids is 2. The van der Waals surface area contributed by atoms with Crippen LogP contribution in [0.3, 0.4) is 0 Å². The monoisotopic (exact) mass is 247 g/mol. The zero-order chi connectivity index (χ0) is 13.0. The molecule has 5 heteroatoms. The summed E-state index contributed by atoms with van der Waals surface area (Å²) in [5.41, 5.74) is 8.43. The number of carbonyl (C=O) groups is 2. The van der Waals surface area contributed by atoms with Gasteiger partial charge >= 0.3 is 0 Å². The lowest BCUT2D eigenvalue weighted by molar-refractivity contribution is -0.119. The van der Waals surface area contributed by atoms with Crippen LogP contribution < -0.4 is 16.4 Å². The molecule has 0 aliphatic carbocycles. The molecule has 18 heavy (non-hydrogen) atoms. The molecule has 96 valence electrons. The molecule has 0 saturated heterocycles. The minimum absolute atomic E-state index is 0.0240. The Kier molecular flexibility index (Phi) is 3.94. The Morgan fingerprint density at radius 2 is 2.22 bits per heavy atom. The Bertz CT molecular complexity index is 471. The molecule has 1 heterocycles. The molecule has 1 aromatic rings. The molecule has 1 aliphatic heterocycles. The average Bonchev–Trinajstić information content (AvgIpc) is 2.38. The zero-order valence-corrected chi connectivity index (χ0v) is 10.2. The number of benzene rings is 1. The first-order valence-electron chi connectivity index (χ1n) is 6.07. The molecule has 2 amide bonds. The number of hydrogen-bond donors (Lipinski definition) is 3. The fourth-order valence-electron chi connectivity index (χ4n) is 2.01. The lowest BCUT2D eigenvalue weighted by Gasteiger charge is -2.17. The van der Waals surface area contributed by atoms with E-state index in [4.69, 9.17) is 5.73 Å². The van der Waals surface area contributed by atoms with Gasteiger partial charge in [0.25, 0.3) is 0 Å². The van der Waals surface area contributed by atoms with Gasteiger partial charge in [0.15, 0.2) is 0 Å². The second kappa shape index (κ2) is 5.64. The summed E-state index contributed by atoms with van der Waals surface area (Å²) in [6.07, 6.45) is 2.09. The van der Waals surface area contributed by atoms with Crippen molar-refractivity contribution in [2.24, 2.45) is 5.73 Å². The summed E-state index contributed by atoms with van der Waals surface area (Å²) in [6, 6.07) is 5.98. The van der Waals surface area contributed by atoms with Crippen molar-refractivity contribution < 1.29 is 9.59 Å². The Labute approximate surface area is 106 Å². The number of anilines is 1. The molecule has 5 nitrogen and oxygen atoms in total. The SMILES string of the molecule is NCC(=O)NCCc1ccc2c(c1)CCC(=O)N2.